The van der Waals surface area contributed by atoms with Crippen LogP contribution in [0.25, 0.3) is 0 Å². The van der Waals surface area contributed by atoms with Crippen molar-refractivity contribution < 1.29 is 9.00 Å². The third kappa shape index (κ3) is 3.50. The molecular formula is C10H19NO2S. The van der Waals surface area contributed by atoms with Crippen molar-refractivity contribution in [1.29, 1.82) is 0 Å². The molecule has 0 amide bonds. The zero-order chi connectivity index (χ0) is 10.6. The van der Waals surface area contributed by atoms with Gasteiger partial charge in [-0.15, -0.1) is 0 Å². The van der Waals surface area contributed by atoms with Gasteiger partial charge in [-0.1, -0.05) is 13.8 Å². The standard InChI is InChI=1S/C10H19NO2S/c1-3-14(13)7-6-11-5-4-10(12)9(2)8-11/h9H,3-8H2,1-2H3. The molecule has 0 N–H and O–H groups in total. The molecule has 1 aliphatic heterocycles. The average Bonchev–Trinajstić information content (AvgIpc) is 2.19. The summed E-state index contributed by atoms with van der Waals surface area (Å²) in [4.78, 5) is 13.5. The molecule has 4 heteroatoms. The van der Waals surface area contributed by atoms with Crippen LogP contribution in [0.2, 0.25) is 0 Å². The molecule has 0 aromatic heterocycles. The lowest BCUT2D eigenvalue weighted by atomic mass is 9.99. The van der Waals surface area contributed by atoms with Crippen LogP contribution in [0.4, 0.5) is 0 Å². The number of ketones is 1. The van der Waals surface area contributed by atoms with Crippen LogP contribution in [0, 0.1) is 5.92 Å². The van der Waals surface area contributed by atoms with Gasteiger partial charge in [0.15, 0.2) is 0 Å². The molecule has 0 bridgehead atoms. The second-order valence-corrected chi connectivity index (χ2v) is 5.72. The summed E-state index contributed by atoms with van der Waals surface area (Å²) in [6.45, 7) is 6.49. The minimum absolute atomic E-state index is 0.166. The van der Waals surface area contributed by atoms with Crippen LogP contribution in [0.3, 0.4) is 0 Å². The van der Waals surface area contributed by atoms with Gasteiger partial charge < -0.3 is 4.90 Å². The number of nitrogens with zero attached hydrogens (tertiary/aromatic N) is 1. The van der Waals surface area contributed by atoms with Crippen molar-refractivity contribution in [3.05, 3.63) is 0 Å². The molecule has 14 heavy (non-hydrogen) atoms. The number of hydrogen-bond acceptors (Lipinski definition) is 3. The van der Waals surface area contributed by atoms with E-state index >= 15 is 0 Å². The summed E-state index contributed by atoms with van der Waals surface area (Å²) in [6.07, 6.45) is 0.667. The van der Waals surface area contributed by atoms with E-state index in [4.69, 9.17) is 0 Å². The number of carbonyl (C=O) groups is 1. The second kappa shape index (κ2) is 5.61. The van der Waals surface area contributed by atoms with Crippen molar-refractivity contribution in [3.63, 3.8) is 0 Å². The Morgan fingerprint density at radius 1 is 1.57 bits per heavy atom. The van der Waals surface area contributed by atoms with Crippen LogP contribution < -0.4 is 0 Å². The van der Waals surface area contributed by atoms with Crippen LogP contribution in [0.15, 0.2) is 0 Å². The second-order valence-electron chi connectivity index (χ2n) is 3.85. The number of piperidine rings is 1. The average molecular weight is 217 g/mol. The van der Waals surface area contributed by atoms with E-state index in [-0.39, 0.29) is 5.92 Å². The molecular weight excluding hydrogens is 198 g/mol. The summed E-state index contributed by atoms with van der Waals surface area (Å²) < 4.78 is 11.2. The molecule has 0 aliphatic carbocycles. The van der Waals surface area contributed by atoms with Crippen LogP contribution in [-0.4, -0.2) is 46.0 Å². The summed E-state index contributed by atoms with van der Waals surface area (Å²) in [5.74, 6) is 2.02. The highest BCUT2D eigenvalue weighted by Gasteiger charge is 2.22. The Bertz CT molecular complexity index is 230. The van der Waals surface area contributed by atoms with E-state index < -0.39 is 10.8 Å². The highest BCUT2D eigenvalue weighted by molar-refractivity contribution is 7.84. The zero-order valence-corrected chi connectivity index (χ0v) is 9.81. The number of Topliss-reactive ketones (excluding diaryl/α,β-unsaturated/α-hetero) is 1. The third-order valence-electron chi connectivity index (χ3n) is 2.71. The number of likely N-dealkylation sites (tertiary alicyclic amines) is 1. The monoisotopic (exact) mass is 217 g/mol. The molecule has 1 saturated heterocycles. The van der Waals surface area contributed by atoms with E-state index in [0.717, 1.165) is 31.1 Å². The number of hydrogen-bond donors (Lipinski definition) is 0. The molecule has 1 rings (SSSR count). The topological polar surface area (TPSA) is 37.4 Å². The van der Waals surface area contributed by atoms with Gasteiger partial charge in [0.25, 0.3) is 0 Å². The van der Waals surface area contributed by atoms with E-state index in [1.807, 2.05) is 13.8 Å². The Hall–Kier alpha value is -0.220. The molecule has 0 aromatic carbocycles. The first-order valence-electron chi connectivity index (χ1n) is 5.23. The minimum Gasteiger partial charge on any atom is -0.301 e. The van der Waals surface area contributed by atoms with E-state index in [0.29, 0.717) is 12.2 Å². The van der Waals surface area contributed by atoms with Gasteiger partial charge in [-0.05, 0) is 0 Å². The molecule has 2 atom stereocenters. The predicted octanol–water partition coefficient (Wildman–Crippen LogP) is 0.666. The normalized spacial score (nSPS) is 26.4. The molecule has 82 valence electrons. The van der Waals surface area contributed by atoms with Crippen LogP contribution in [0.1, 0.15) is 20.3 Å². The van der Waals surface area contributed by atoms with E-state index in [1.54, 1.807) is 0 Å². The minimum atomic E-state index is -0.675. The van der Waals surface area contributed by atoms with Gasteiger partial charge >= 0.3 is 0 Å². The van der Waals surface area contributed by atoms with Gasteiger partial charge in [-0.3, -0.25) is 9.00 Å². The van der Waals surface area contributed by atoms with Crippen LogP contribution in [-0.2, 0) is 15.6 Å². The van der Waals surface area contributed by atoms with Crippen molar-refractivity contribution in [3.8, 4) is 0 Å². The molecule has 1 fully saturated rings. The first-order chi connectivity index (χ1) is 6.63. The highest BCUT2D eigenvalue weighted by atomic mass is 32.2. The SMILES string of the molecule is CCS(=O)CCN1CCC(=O)C(C)C1. The summed E-state index contributed by atoms with van der Waals surface area (Å²) in [6, 6.07) is 0. The zero-order valence-electron chi connectivity index (χ0n) is 8.99. The molecule has 1 heterocycles. The fourth-order valence-corrected chi connectivity index (χ4v) is 2.42. The maximum atomic E-state index is 11.2. The Morgan fingerprint density at radius 2 is 2.29 bits per heavy atom. The lowest BCUT2D eigenvalue weighted by Gasteiger charge is -2.29. The van der Waals surface area contributed by atoms with Crippen molar-refractivity contribution in [2.75, 3.05) is 31.1 Å². The molecule has 3 nitrogen and oxygen atoms in total. The van der Waals surface area contributed by atoms with E-state index in [9.17, 15) is 9.00 Å². The molecule has 0 radical (unpaired) electrons. The fourth-order valence-electron chi connectivity index (χ4n) is 1.67. The third-order valence-corrected chi connectivity index (χ3v) is 4.00. The van der Waals surface area contributed by atoms with Crippen LogP contribution >= 0.6 is 0 Å². The molecule has 1 aliphatic rings. The fraction of sp³-hybridized carbons (Fsp3) is 0.900. The largest absolute Gasteiger partial charge is 0.301 e. The first kappa shape index (κ1) is 11.9. The van der Waals surface area contributed by atoms with E-state index in [1.165, 1.54) is 0 Å². The van der Waals surface area contributed by atoms with Crippen molar-refractivity contribution in [2.45, 2.75) is 20.3 Å². The van der Waals surface area contributed by atoms with E-state index in [2.05, 4.69) is 4.90 Å². The first-order valence-corrected chi connectivity index (χ1v) is 6.72. The van der Waals surface area contributed by atoms with Gasteiger partial charge in [0.1, 0.15) is 5.78 Å². The molecule has 0 aromatic rings. The Balaban J connectivity index is 2.26. The molecule has 2 unspecified atom stereocenters. The summed E-state index contributed by atoms with van der Waals surface area (Å²) in [7, 11) is -0.675. The lowest BCUT2D eigenvalue weighted by molar-refractivity contribution is -0.125. The lowest BCUT2D eigenvalue weighted by Crippen LogP contribution is -2.41. The Kier molecular flexibility index (Phi) is 4.75. The van der Waals surface area contributed by atoms with Gasteiger partial charge in [0.2, 0.25) is 0 Å². The Morgan fingerprint density at radius 3 is 2.86 bits per heavy atom. The number of carbonyl (C=O) groups excluding carboxylic acids is 1. The van der Waals surface area contributed by atoms with Gasteiger partial charge in [0, 0.05) is 54.3 Å². The van der Waals surface area contributed by atoms with Gasteiger partial charge in [0.05, 0.1) is 0 Å². The summed E-state index contributed by atoms with van der Waals surface area (Å²) >= 11 is 0. The Labute approximate surface area is 88.3 Å². The summed E-state index contributed by atoms with van der Waals surface area (Å²) in [5.41, 5.74) is 0. The molecule has 0 saturated carbocycles. The predicted molar refractivity (Wildman–Crippen MR) is 58.8 cm³/mol. The van der Waals surface area contributed by atoms with Crippen molar-refractivity contribution in [2.24, 2.45) is 5.92 Å². The van der Waals surface area contributed by atoms with Gasteiger partial charge in [-0.2, -0.15) is 0 Å². The number of rotatable bonds is 4. The van der Waals surface area contributed by atoms with Crippen molar-refractivity contribution >= 4 is 16.6 Å². The highest BCUT2D eigenvalue weighted by Crippen LogP contribution is 2.11. The van der Waals surface area contributed by atoms with Gasteiger partial charge in [-0.25, -0.2) is 0 Å². The maximum Gasteiger partial charge on any atom is 0.138 e. The van der Waals surface area contributed by atoms with Crippen molar-refractivity contribution in [1.82, 2.24) is 4.90 Å². The van der Waals surface area contributed by atoms with Crippen LogP contribution in [0.5, 0.6) is 0 Å². The maximum absolute atomic E-state index is 11.2. The quantitative estimate of drug-likeness (QED) is 0.694. The summed E-state index contributed by atoms with van der Waals surface area (Å²) in [5, 5.41) is 0. The molecule has 0 spiro atoms. The smallest absolute Gasteiger partial charge is 0.138 e.